The molecule has 3 rings (SSSR count). The fourth-order valence-electron chi connectivity index (χ4n) is 3.14. The van der Waals surface area contributed by atoms with Crippen molar-refractivity contribution < 1.29 is 14.3 Å². The van der Waals surface area contributed by atoms with Gasteiger partial charge in [-0.05, 0) is 31.2 Å². The minimum atomic E-state index is -0.339. The summed E-state index contributed by atoms with van der Waals surface area (Å²) in [5.41, 5.74) is 3.22. The Kier molecular flexibility index (Phi) is 5.03. The largest absolute Gasteiger partial charge is 0.465 e. The van der Waals surface area contributed by atoms with Gasteiger partial charge in [0.1, 0.15) is 0 Å². The summed E-state index contributed by atoms with van der Waals surface area (Å²) >= 11 is 0. The van der Waals surface area contributed by atoms with Crippen molar-refractivity contribution in [2.75, 3.05) is 38.2 Å². The molecule has 0 bridgehead atoms. The van der Waals surface area contributed by atoms with Crippen LogP contribution in [0.1, 0.15) is 26.3 Å². The van der Waals surface area contributed by atoms with Crippen LogP contribution in [-0.4, -0.2) is 50.1 Å². The summed E-state index contributed by atoms with van der Waals surface area (Å²) < 4.78 is 4.87. The molecule has 0 radical (unpaired) electrons. The molecule has 1 aliphatic rings. The Labute approximate surface area is 147 Å². The monoisotopic (exact) mass is 338 g/mol. The summed E-state index contributed by atoms with van der Waals surface area (Å²) in [6, 6.07) is 15.1. The van der Waals surface area contributed by atoms with Gasteiger partial charge in [-0.2, -0.15) is 0 Å². The van der Waals surface area contributed by atoms with Crippen LogP contribution in [-0.2, 0) is 4.74 Å². The van der Waals surface area contributed by atoms with E-state index in [1.807, 2.05) is 54.3 Å². The van der Waals surface area contributed by atoms with Crippen molar-refractivity contribution in [2.45, 2.75) is 6.92 Å². The van der Waals surface area contributed by atoms with Crippen molar-refractivity contribution in [3.05, 3.63) is 65.2 Å². The van der Waals surface area contributed by atoms with Crippen LogP contribution >= 0.6 is 0 Å². The zero-order chi connectivity index (χ0) is 17.8. The second-order valence-electron chi connectivity index (χ2n) is 6.16. The molecule has 1 saturated heterocycles. The Bertz CT molecular complexity index is 780. The number of hydrogen-bond donors (Lipinski definition) is 0. The van der Waals surface area contributed by atoms with Gasteiger partial charge in [-0.3, -0.25) is 4.79 Å². The second-order valence-corrected chi connectivity index (χ2v) is 6.16. The van der Waals surface area contributed by atoms with Crippen LogP contribution in [0.15, 0.2) is 48.5 Å². The van der Waals surface area contributed by atoms with Crippen molar-refractivity contribution in [3.8, 4) is 0 Å². The molecule has 2 aromatic rings. The Morgan fingerprint density at radius 2 is 1.68 bits per heavy atom. The van der Waals surface area contributed by atoms with Gasteiger partial charge in [0.05, 0.1) is 18.4 Å². The van der Waals surface area contributed by atoms with Crippen LogP contribution in [0.2, 0.25) is 0 Å². The lowest BCUT2D eigenvalue weighted by molar-refractivity contribution is 0.0600. The number of para-hydroxylation sites is 1. The molecule has 5 heteroatoms. The van der Waals surface area contributed by atoms with Gasteiger partial charge in [0.25, 0.3) is 5.91 Å². The molecule has 5 nitrogen and oxygen atoms in total. The van der Waals surface area contributed by atoms with Crippen molar-refractivity contribution in [2.24, 2.45) is 0 Å². The molecule has 0 N–H and O–H groups in total. The first kappa shape index (κ1) is 17.0. The highest BCUT2D eigenvalue weighted by atomic mass is 16.5. The van der Waals surface area contributed by atoms with Crippen LogP contribution < -0.4 is 4.90 Å². The summed E-state index contributed by atoms with van der Waals surface area (Å²) in [6.45, 7) is 4.61. The quantitative estimate of drug-likeness (QED) is 0.808. The molecule has 1 amide bonds. The number of benzene rings is 2. The number of amides is 1. The van der Waals surface area contributed by atoms with E-state index in [-0.39, 0.29) is 11.9 Å². The number of anilines is 1. The van der Waals surface area contributed by atoms with Gasteiger partial charge in [0, 0.05) is 31.7 Å². The first-order valence-corrected chi connectivity index (χ1v) is 8.38. The fraction of sp³-hybridized carbons (Fsp3) is 0.300. The van der Waals surface area contributed by atoms with Crippen molar-refractivity contribution in [1.29, 1.82) is 0 Å². The summed E-state index contributed by atoms with van der Waals surface area (Å²) in [4.78, 5) is 28.6. The number of nitrogens with zero attached hydrogens (tertiary/aromatic N) is 2. The second kappa shape index (κ2) is 7.38. The molecule has 0 aliphatic carbocycles. The lowest BCUT2D eigenvalue weighted by Crippen LogP contribution is -2.49. The summed E-state index contributed by atoms with van der Waals surface area (Å²) in [5, 5.41) is 0. The molecule has 1 fully saturated rings. The zero-order valence-corrected chi connectivity index (χ0v) is 14.6. The summed E-state index contributed by atoms with van der Waals surface area (Å²) in [7, 11) is 1.39. The van der Waals surface area contributed by atoms with Gasteiger partial charge in [0.15, 0.2) is 0 Å². The number of carbonyl (C=O) groups excluding carboxylic acids is 2. The van der Waals surface area contributed by atoms with E-state index >= 15 is 0 Å². The van der Waals surface area contributed by atoms with Crippen LogP contribution in [0, 0.1) is 6.92 Å². The van der Waals surface area contributed by atoms with Crippen LogP contribution in [0.3, 0.4) is 0 Å². The Hall–Kier alpha value is -2.82. The molecule has 1 aliphatic heterocycles. The van der Waals surface area contributed by atoms with E-state index in [0.29, 0.717) is 31.7 Å². The number of ether oxygens (including phenoxy) is 1. The summed E-state index contributed by atoms with van der Waals surface area (Å²) in [6.07, 6.45) is 0. The van der Waals surface area contributed by atoms with E-state index in [0.717, 1.165) is 16.8 Å². The van der Waals surface area contributed by atoms with Crippen LogP contribution in [0.25, 0.3) is 0 Å². The average molecular weight is 338 g/mol. The molecular weight excluding hydrogens is 316 g/mol. The molecule has 0 aromatic heterocycles. The van der Waals surface area contributed by atoms with Crippen LogP contribution in [0.5, 0.6) is 0 Å². The minimum Gasteiger partial charge on any atom is -0.465 e. The van der Waals surface area contributed by atoms with Crippen LogP contribution in [0.4, 0.5) is 5.69 Å². The lowest BCUT2D eigenvalue weighted by Gasteiger charge is -2.36. The van der Waals surface area contributed by atoms with E-state index in [1.165, 1.54) is 7.11 Å². The molecule has 1 heterocycles. The highest BCUT2D eigenvalue weighted by Gasteiger charge is 2.24. The lowest BCUT2D eigenvalue weighted by atomic mass is 10.1. The van der Waals surface area contributed by atoms with E-state index in [9.17, 15) is 9.59 Å². The maximum absolute atomic E-state index is 12.6. The molecule has 130 valence electrons. The van der Waals surface area contributed by atoms with E-state index < -0.39 is 0 Å². The van der Waals surface area contributed by atoms with Crippen molar-refractivity contribution in [1.82, 2.24) is 4.90 Å². The highest BCUT2D eigenvalue weighted by molar-refractivity contribution is 5.96. The molecule has 2 aromatic carbocycles. The molecule has 0 atom stereocenters. The number of methoxy groups -OCH3 is 1. The fourth-order valence-corrected chi connectivity index (χ4v) is 3.14. The topological polar surface area (TPSA) is 49.9 Å². The smallest absolute Gasteiger partial charge is 0.339 e. The van der Waals surface area contributed by atoms with Gasteiger partial charge >= 0.3 is 5.97 Å². The third kappa shape index (κ3) is 3.65. The van der Waals surface area contributed by atoms with Gasteiger partial charge in [-0.25, -0.2) is 4.79 Å². The zero-order valence-electron chi connectivity index (χ0n) is 14.6. The molecule has 0 spiro atoms. The average Bonchev–Trinajstić information content (AvgIpc) is 2.67. The Balaban J connectivity index is 1.70. The standard InChI is InChI=1S/C20H22N2O3/c1-15-6-5-7-16(14-15)19(23)22-12-10-21(11-13-22)18-9-4-3-8-17(18)20(24)25-2/h3-9,14H,10-13H2,1-2H3. The highest BCUT2D eigenvalue weighted by Crippen LogP contribution is 2.23. The van der Waals surface area contributed by atoms with Crippen molar-refractivity contribution >= 4 is 17.6 Å². The predicted molar refractivity (Wildman–Crippen MR) is 97.1 cm³/mol. The number of aryl methyl sites for hydroxylation is 1. The molecular formula is C20H22N2O3. The number of esters is 1. The maximum Gasteiger partial charge on any atom is 0.339 e. The number of hydrogen-bond acceptors (Lipinski definition) is 4. The Morgan fingerprint density at radius 3 is 2.36 bits per heavy atom. The molecule has 0 unspecified atom stereocenters. The van der Waals surface area contributed by atoms with E-state index in [2.05, 4.69) is 4.90 Å². The first-order valence-electron chi connectivity index (χ1n) is 8.38. The number of carbonyl (C=O) groups is 2. The number of rotatable bonds is 3. The SMILES string of the molecule is COC(=O)c1ccccc1N1CCN(C(=O)c2cccc(C)c2)CC1. The van der Waals surface area contributed by atoms with Gasteiger partial charge in [0.2, 0.25) is 0 Å². The van der Waals surface area contributed by atoms with Gasteiger partial charge in [-0.15, -0.1) is 0 Å². The van der Waals surface area contributed by atoms with Gasteiger partial charge in [-0.1, -0.05) is 29.8 Å². The summed E-state index contributed by atoms with van der Waals surface area (Å²) in [5.74, 6) is -0.279. The predicted octanol–water partition coefficient (Wildman–Crippen LogP) is 2.74. The third-order valence-electron chi connectivity index (χ3n) is 4.48. The Morgan fingerprint density at radius 1 is 0.960 bits per heavy atom. The third-order valence-corrected chi connectivity index (χ3v) is 4.48. The molecule has 25 heavy (non-hydrogen) atoms. The maximum atomic E-state index is 12.6. The first-order chi connectivity index (χ1) is 12.1. The number of piperazine rings is 1. The normalized spacial score (nSPS) is 14.3. The van der Waals surface area contributed by atoms with E-state index in [1.54, 1.807) is 6.07 Å². The van der Waals surface area contributed by atoms with Gasteiger partial charge < -0.3 is 14.5 Å². The molecule has 0 saturated carbocycles. The minimum absolute atomic E-state index is 0.0598. The van der Waals surface area contributed by atoms with E-state index in [4.69, 9.17) is 4.74 Å². The van der Waals surface area contributed by atoms with Crippen molar-refractivity contribution in [3.63, 3.8) is 0 Å².